The van der Waals surface area contributed by atoms with Crippen molar-refractivity contribution >= 4 is 21.8 Å². The second kappa shape index (κ2) is 14.7. The van der Waals surface area contributed by atoms with E-state index in [9.17, 15) is 0 Å². The minimum Gasteiger partial charge on any atom is -0.365 e. The van der Waals surface area contributed by atoms with Gasteiger partial charge < -0.3 is 19.8 Å². The molecule has 0 radical (unpaired) electrons. The van der Waals surface area contributed by atoms with Crippen molar-refractivity contribution in [2.24, 2.45) is 0 Å². The molecule has 0 unspecified atom stereocenters. The van der Waals surface area contributed by atoms with Crippen molar-refractivity contribution in [2.75, 3.05) is 0 Å². The van der Waals surface area contributed by atoms with Crippen LogP contribution in [0, 0.1) is 0 Å². The van der Waals surface area contributed by atoms with E-state index in [2.05, 4.69) is 117 Å². The molecule has 2 aromatic heterocycles. The van der Waals surface area contributed by atoms with Gasteiger partial charge in [0.1, 0.15) is 11.6 Å². The Morgan fingerprint density at radius 1 is 0.765 bits per heavy atom. The average molecular weight is 683 g/mol. The molecule has 51 heavy (non-hydrogen) atoms. The Bertz CT molecular complexity index is 2060. The number of aromatic nitrogens is 4. The molecule has 0 amide bonds. The largest absolute Gasteiger partial charge is 0.365 e. The summed E-state index contributed by atoms with van der Waals surface area (Å²) in [5.74, 6) is 2.66. The molecule has 6 heteroatoms. The van der Waals surface area contributed by atoms with Gasteiger partial charge in [0.2, 0.25) is 0 Å². The number of nitrogens with one attached hydrogen (secondary N) is 2. The van der Waals surface area contributed by atoms with Gasteiger partial charge in [-0.05, 0) is 117 Å². The standard InChI is InChI=1S/C45H58N6/c1-9-13-30(7)50(28(5)11-3)26-41-46-40-22-20-35-24-38-34(25-39(35)45(40)49-41)18-17-33-23-36(19-21-37(33)38)44-43(32-15-16-32)47-42(48-44)27-51(29(6)12-4)31(8)14-10-2/h19-25,28-29,32H,7-18,26-27H2,1-6H3,(H,46,49)(H,47,48)/t28-,29-/m0/s1. The van der Waals surface area contributed by atoms with Crippen molar-refractivity contribution in [1.82, 2.24) is 29.7 Å². The van der Waals surface area contributed by atoms with Crippen molar-refractivity contribution in [3.05, 3.63) is 95.5 Å². The molecule has 7 rings (SSSR count). The Balaban J connectivity index is 1.19. The molecule has 1 fully saturated rings. The maximum Gasteiger partial charge on any atom is 0.126 e. The number of benzene rings is 3. The molecule has 5 aromatic rings. The number of rotatable bonds is 16. The molecule has 268 valence electrons. The zero-order chi connectivity index (χ0) is 35.8. The van der Waals surface area contributed by atoms with Crippen LogP contribution in [0.5, 0.6) is 0 Å². The van der Waals surface area contributed by atoms with Crippen LogP contribution in [-0.4, -0.2) is 41.8 Å². The zero-order valence-electron chi connectivity index (χ0n) is 32.0. The van der Waals surface area contributed by atoms with E-state index in [0.717, 1.165) is 92.8 Å². The van der Waals surface area contributed by atoms with E-state index in [-0.39, 0.29) is 0 Å². The molecule has 2 aliphatic rings. The lowest BCUT2D eigenvalue weighted by Gasteiger charge is -2.31. The van der Waals surface area contributed by atoms with E-state index in [0.29, 0.717) is 18.0 Å². The highest BCUT2D eigenvalue weighted by Gasteiger charge is 2.31. The van der Waals surface area contributed by atoms with E-state index in [1.807, 2.05) is 0 Å². The number of nitrogens with zero attached hydrogens (tertiary/aromatic N) is 4. The molecule has 0 bridgehead atoms. The number of aromatic amines is 2. The molecule has 3 aromatic carbocycles. The van der Waals surface area contributed by atoms with Gasteiger partial charge in [-0.25, -0.2) is 9.97 Å². The Kier molecular flexibility index (Phi) is 10.1. The summed E-state index contributed by atoms with van der Waals surface area (Å²) < 4.78 is 0. The minimum absolute atomic E-state index is 0.424. The Hall–Kier alpha value is -4.32. The fourth-order valence-electron chi connectivity index (χ4n) is 8.14. The van der Waals surface area contributed by atoms with Crippen molar-refractivity contribution in [2.45, 2.75) is 137 Å². The molecule has 2 aliphatic carbocycles. The summed E-state index contributed by atoms with van der Waals surface area (Å²) in [7, 11) is 0. The maximum atomic E-state index is 5.30. The normalized spacial score (nSPS) is 15.1. The molecular weight excluding hydrogens is 625 g/mol. The van der Waals surface area contributed by atoms with Gasteiger partial charge in [0.25, 0.3) is 0 Å². The highest BCUT2D eigenvalue weighted by molar-refractivity contribution is 6.06. The Morgan fingerprint density at radius 3 is 2.00 bits per heavy atom. The van der Waals surface area contributed by atoms with Crippen LogP contribution in [0.25, 0.3) is 44.2 Å². The Morgan fingerprint density at radius 2 is 1.39 bits per heavy atom. The van der Waals surface area contributed by atoms with Crippen molar-refractivity contribution in [1.29, 1.82) is 0 Å². The monoisotopic (exact) mass is 682 g/mol. The molecule has 6 nitrogen and oxygen atoms in total. The van der Waals surface area contributed by atoms with Gasteiger partial charge in [0, 0.05) is 46.0 Å². The quantitative estimate of drug-likeness (QED) is 0.109. The number of imidazole rings is 2. The van der Waals surface area contributed by atoms with Gasteiger partial charge in [-0.2, -0.15) is 0 Å². The number of allylic oxidation sites excluding steroid dienone is 2. The average Bonchev–Trinajstić information content (AvgIpc) is 3.76. The van der Waals surface area contributed by atoms with E-state index >= 15 is 0 Å². The van der Waals surface area contributed by atoms with Gasteiger partial charge >= 0.3 is 0 Å². The summed E-state index contributed by atoms with van der Waals surface area (Å²) >= 11 is 0. The molecule has 0 aliphatic heterocycles. The van der Waals surface area contributed by atoms with E-state index in [1.54, 1.807) is 0 Å². The third-order valence-corrected chi connectivity index (χ3v) is 11.6. The number of hydrogen-bond acceptors (Lipinski definition) is 4. The van der Waals surface area contributed by atoms with E-state index < -0.39 is 0 Å². The number of hydrogen-bond donors (Lipinski definition) is 2. The first kappa shape index (κ1) is 35.1. The Labute approximate surface area is 305 Å². The van der Waals surface area contributed by atoms with Gasteiger partial charge in [-0.3, -0.25) is 0 Å². The fourth-order valence-corrected chi connectivity index (χ4v) is 8.14. The van der Waals surface area contributed by atoms with Crippen LogP contribution in [0.3, 0.4) is 0 Å². The summed E-state index contributed by atoms with van der Waals surface area (Å²) in [6.07, 6.45) is 11.0. The van der Waals surface area contributed by atoms with Gasteiger partial charge in [-0.15, -0.1) is 0 Å². The minimum atomic E-state index is 0.424. The molecule has 2 N–H and O–H groups in total. The first-order valence-electron chi connectivity index (χ1n) is 19.8. The third kappa shape index (κ3) is 6.99. The van der Waals surface area contributed by atoms with E-state index in [1.165, 1.54) is 68.5 Å². The number of H-pyrrole nitrogens is 2. The van der Waals surface area contributed by atoms with Crippen molar-refractivity contribution < 1.29 is 0 Å². The smallest absolute Gasteiger partial charge is 0.126 e. The predicted octanol–water partition coefficient (Wildman–Crippen LogP) is 11.6. The van der Waals surface area contributed by atoms with E-state index in [4.69, 9.17) is 9.97 Å². The maximum absolute atomic E-state index is 5.30. The van der Waals surface area contributed by atoms with Gasteiger partial charge in [-0.1, -0.05) is 71.9 Å². The van der Waals surface area contributed by atoms with Crippen LogP contribution in [0.4, 0.5) is 0 Å². The van der Waals surface area contributed by atoms with Crippen LogP contribution >= 0.6 is 0 Å². The SMILES string of the molecule is C=C(CCC)N(Cc1nc(-c2ccc3c(c2)CCc2cc4c(ccc5[nH]c(CN(C(=C)CCC)[C@@H](C)CC)nc54)cc2-3)c(C2CC2)[nH]1)[C@@H](C)CC. The first-order chi connectivity index (χ1) is 24.7. The van der Waals surface area contributed by atoms with Crippen LogP contribution in [0.2, 0.25) is 0 Å². The second-order valence-corrected chi connectivity index (χ2v) is 15.4. The lowest BCUT2D eigenvalue weighted by atomic mass is 9.83. The molecular formula is C45H58N6. The topological polar surface area (TPSA) is 63.8 Å². The lowest BCUT2D eigenvalue weighted by Crippen LogP contribution is -2.31. The van der Waals surface area contributed by atoms with Crippen molar-refractivity contribution in [3.63, 3.8) is 0 Å². The number of aryl methyl sites for hydroxylation is 2. The summed E-state index contributed by atoms with van der Waals surface area (Å²) in [6.45, 7) is 24.0. The number of fused-ring (bicyclic) bond motifs is 6. The third-order valence-electron chi connectivity index (χ3n) is 11.6. The summed E-state index contributed by atoms with van der Waals surface area (Å²) in [5.41, 5.74) is 13.8. The summed E-state index contributed by atoms with van der Waals surface area (Å²) in [4.78, 5) is 22.8. The molecule has 0 saturated heterocycles. The van der Waals surface area contributed by atoms with Gasteiger partial charge in [0.05, 0.1) is 29.8 Å². The van der Waals surface area contributed by atoms with Crippen LogP contribution < -0.4 is 0 Å². The first-order valence-corrected chi connectivity index (χ1v) is 19.8. The lowest BCUT2D eigenvalue weighted by molar-refractivity contribution is 0.240. The van der Waals surface area contributed by atoms with Gasteiger partial charge in [0.15, 0.2) is 0 Å². The van der Waals surface area contributed by atoms with Crippen LogP contribution in [0.15, 0.2) is 67.0 Å². The molecule has 1 saturated carbocycles. The highest BCUT2D eigenvalue weighted by atomic mass is 15.2. The molecule has 2 atom stereocenters. The molecule has 0 spiro atoms. The summed E-state index contributed by atoms with van der Waals surface area (Å²) in [6, 6.07) is 17.2. The van der Waals surface area contributed by atoms with Crippen molar-refractivity contribution in [3.8, 4) is 22.4 Å². The summed E-state index contributed by atoms with van der Waals surface area (Å²) in [5, 5.41) is 2.48. The zero-order valence-corrected chi connectivity index (χ0v) is 32.0. The fraction of sp³-hybridized carbons (Fsp3) is 0.467. The van der Waals surface area contributed by atoms with Crippen LogP contribution in [-0.2, 0) is 25.9 Å². The molecule has 2 heterocycles. The van der Waals surface area contributed by atoms with Crippen LogP contribution in [0.1, 0.15) is 127 Å². The predicted molar refractivity (Wildman–Crippen MR) is 215 cm³/mol. The highest BCUT2D eigenvalue weighted by Crippen LogP contribution is 2.45. The second-order valence-electron chi connectivity index (χ2n) is 15.4.